The predicted octanol–water partition coefficient (Wildman–Crippen LogP) is 0.331. The lowest BCUT2D eigenvalue weighted by Crippen LogP contribution is -2.35. The van der Waals surface area contributed by atoms with Crippen molar-refractivity contribution in [2.75, 3.05) is 6.61 Å². The number of hydrogen-bond donors (Lipinski definition) is 2. The van der Waals surface area contributed by atoms with Crippen LogP contribution in [0.2, 0.25) is 0 Å². The summed E-state index contributed by atoms with van der Waals surface area (Å²) in [5.74, 6) is -0.914. The summed E-state index contributed by atoms with van der Waals surface area (Å²) in [5.41, 5.74) is 0.131. The van der Waals surface area contributed by atoms with Crippen molar-refractivity contribution >= 4 is 5.91 Å². The molecule has 4 nitrogen and oxygen atoms in total. The van der Waals surface area contributed by atoms with Gasteiger partial charge >= 0.3 is 0 Å². The van der Waals surface area contributed by atoms with Crippen LogP contribution < -0.4 is 5.32 Å². The number of aliphatic hydroxyl groups excluding tert-OH is 1. The van der Waals surface area contributed by atoms with E-state index >= 15 is 0 Å². The number of halogens is 1. The normalized spacial score (nSPS) is 12.2. The summed E-state index contributed by atoms with van der Waals surface area (Å²) in [4.78, 5) is 14.9. The van der Waals surface area contributed by atoms with Gasteiger partial charge in [0.25, 0.3) is 5.91 Å². The van der Waals surface area contributed by atoms with Crippen molar-refractivity contribution in [3.05, 3.63) is 29.8 Å². The Bertz CT molecular complexity index is 313. The van der Waals surface area contributed by atoms with Crippen LogP contribution in [-0.2, 0) is 0 Å². The summed E-state index contributed by atoms with van der Waals surface area (Å²) in [6.07, 6.45) is 0.971. The van der Waals surface area contributed by atoms with Crippen LogP contribution in [-0.4, -0.2) is 28.6 Å². The number of aromatic nitrogens is 1. The average molecular weight is 198 g/mol. The van der Waals surface area contributed by atoms with Gasteiger partial charge in [0.15, 0.2) is 0 Å². The molecule has 2 N–H and O–H groups in total. The van der Waals surface area contributed by atoms with Crippen molar-refractivity contribution < 1.29 is 14.3 Å². The van der Waals surface area contributed by atoms with Crippen LogP contribution >= 0.6 is 0 Å². The van der Waals surface area contributed by atoms with E-state index in [4.69, 9.17) is 5.11 Å². The molecule has 0 aliphatic heterocycles. The van der Waals surface area contributed by atoms with Gasteiger partial charge in [-0.15, -0.1) is 0 Å². The Hall–Kier alpha value is -1.49. The maximum atomic E-state index is 12.4. The predicted molar refractivity (Wildman–Crippen MR) is 48.2 cm³/mol. The van der Waals surface area contributed by atoms with E-state index in [0.717, 1.165) is 12.3 Å². The highest BCUT2D eigenvalue weighted by atomic mass is 19.1. The molecule has 14 heavy (non-hydrogen) atoms. The van der Waals surface area contributed by atoms with Crippen molar-refractivity contribution in [3.63, 3.8) is 0 Å². The molecular weight excluding hydrogens is 187 g/mol. The third-order valence-electron chi connectivity index (χ3n) is 1.61. The van der Waals surface area contributed by atoms with Gasteiger partial charge in [0.1, 0.15) is 11.5 Å². The number of hydrogen-bond acceptors (Lipinski definition) is 3. The Balaban J connectivity index is 2.65. The zero-order valence-electron chi connectivity index (χ0n) is 7.70. The fraction of sp³-hybridized carbons (Fsp3) is 0.333. The first-order valence-corrected chi connectivity index (χ1v) is 4.16. The summed E-state index contributed by atoms with van der Waals surface area (Å²) in [6.45, 7) is 1.51. The molecule has 0 radical (unpaired) electrons. The molecule has 0 saturated heterocycles. The molecule has 1 atom stereocenters. The lowest BCUT2D eigenvalue weighted by molar-refractivity contribution is 0.0917. The molecule has 1 aromatic heterocycles. The lowest BCUT2D eigenvalue weighted by atomic mass is 10.3. The number of nitrogens with one attached hydrogen (secondary N) is 1. The molecule has 0 saturated carbocycles. The first kappa shape index (κ1) is 10.6. The summed E-state index contributed by atoms with van der Waals surface area (Å²) in [5, 5.41) is 11.2. The van der Waals surface area contributed by atoms with E-state index in [2.05, 4.69) is 10.3 Å². The minimum atomic E-state index is -0.489. The molecule has 0 aliphatic carbocycles. The van der Waals surface area contributed by atoms with Crippen LogP contribution in [0.1, 0.15) is 17.4 Å². The largest absolute Gasteiger partial charge is 0.394 e. The summed E-state index contributed by atoms with van der Waals surface area (Å²) < 4.78 is 12.4. The first-order valence-electron chi connectivity index (χ1n) is 4.16. The minimum Gasteiger partial charge on any atom is -0.394 e. The standard InChI is InChI=1S/C9H11FN2O2/c1-6(5-13)12-9(14)8-3-2-7(10)4-11-8/h2-4,6,13H,5H2,1H3,(H,12,14)/t6-/m0/s1. The van der Waals surface area contributed by atoms with E-state index in [-0.39, 0.29) is 18.3 Å². The van der Waals surface area contributed by atoms with E-state index in [0.29, 0.717) is 0 Å². The van der Waals surface area contributed by atoms with Crippen LogP contribution in [0.4, 0.5) is 4.39 Å². The summed E-state index contributed by atoms with van der Waals surface area (Å²) in [7, 11) is 0. The van der Waals surface area contributed by atoms with Gasteiger partial charge in [-0.1, -0.05) is 0 Å². The number of amides is 1. The Morgan fingerprint density at radius 1 is 1.71 bits per heavy atom. The number of carbonyl (C=O) groups is 1. The summed E-state index contributed by atoms with van der Waals surface area (Å²) >= 11 is 0. The average Bonchev–Trinajstić information content (AvgIpc) is 2.18. The Morgan fingerprint density at radius 2 is 2.43 bits per heavy atom. The van der Waals surface area contributed by atoms with Crippen LogP contribution in [0, 0.1) is 5.82 Å². The monoisotopic (exact) mass is 198 g/mol. The molecular formula is C9H11FN2O2. The highest BCUT2D eigenvalue weighted by Gasteiger charge is 2.09. The summed E-state index contributed by atoms with van der Waals surface area (Å²) in [6, 6.07) is 2.11. The number of pyridine rings is 1. The molecule has 0 aliphatic rings. The lowest BCUT2D eigenvalue weighted by Gasteiger charge is -2.09. The molecule has 1 rings (SSSR count). The number of carbonyl (C=O) groups excluding carboxylic acids is 1. The first-order chi connectivity index (χ1) is 6.63. The highest BCUT2D eigenvalue weighted by molar-refractivity contribution is 5.92. The van der Waals surface area contributed by atoms with Crippen molar-refractivity contribution in [3.8, 4) is 0 Å². The van der Waals surface area contributed by atoms with E-state index in [1.165, 1.54) is 6.07 Å². The van der Waals surface area contributed by atoms with Gasteiger partial charge in [0, 0.05) is 6.04 Å². The smallest absolute Gasteiger partial charge is 0.270 e. The SMILES string of the molecule is C[C@@H](CO)NC(=O)c1ccc(F)cn1. The fourth-order valence-corrected chi connectivity index (χ4v) is 0.854. The van der Waals surface area contributed by atoms with Gasteiger partial charge in [-0.2, -0.15) is 0 Å². The zero-order valence-corrected chi connectivity index (χ0v) is 7.70. The highest BCUT2D eigenvalue weighted by Crippen LogP contribution is 1.98. The fourth-order valence-electron chi connectivity index (χ4n) is 0.854. The number of aliphatic hydroxyl groups is 1. The topological polar surface area (TPSA) is 62.2 Å². The molecule has 0 bridgehead atoms. The molecule has 0 fully saturated rings. The Labute approximate surface area is 80.8 Å². The quantitative estimate of drug-likeness (QED) is 0.735. The van der Waals surface area contributed by atoms with Gasteiger partial charge in [0.2, 0.25) is 0 Å². The molecule has 1 aromatic rings. The molecule has 0 aromatic carbocycles. The second-order valence-electron chi connectivity index (χ2n) is 2.92. The second-order valence-corrected chi connectivity index (χ2v) is 2.92. The van der Waals surface area contributed by atoms with E-state index < -0.39 is 11.7 Å². The number of nitrogens with zero attached hydrogens (tertiary/aromatic N) is 1. The van der Waals surface area contributed by atoms with Crippen LogP contribution in [0.15, 0.2) is 18.3 Å². The van der Waals surface area contributed by atoms with Gasteiger partial charge in [-0.25, -0.2) is 9.37 Å². The molecule has 0 unspecified atom stereocenters. The molecule has 1 heterocycles. The van der Waals surface area contributed by atoms with Crippen molar-refractivity contribution in [2.24, 2.45) is 0 Å². The van der Waals surface area contributed by atoms with Crippen molar-refractivity contribution in [2.45, 2.75) is 13.0 Å². The minimum absolute atomic E-state index is 0.131. The molecule has 76 valence electrons. The van der Waals surface area contributed by atoms with Crippen molar-refractivity contribution in [1.82, 2.24) is 10.3 Å². The van der Waals surface area contributed by atoms with Crippen LogP contribution in [0.25, 0.3) is 0 Å². The van der Waals surface area contributed by atoms with E-state index in [1.54, 1.807) is 6.92 Å². The van der Waals surface area contributed by atoms with Gasteiger partial charge in [-0.05, 0) is 19.1 Å². The number of rotatable bonds is 3. The van der Waals surface area contributed by atoms with Gasteiger partial charge < -0.3 is 10.4 Å². The molecule has 5 heteroatoms. The Morgan fingerprint density at radius 3 is 2.93 bits per heavy atom. The van der Waals surface area contributed by atoms with E-state index in [1.807, 2.05) is 0 Å². The molecule has 1 amide bonds. The van der Waals surface area contributed by atoms with Crippen molar-refractivity contribution in [1.29, 1.82) is 0 Å². The van der Waals surface area contributed by atoms with Gasteiger partial charge in [-0.3, -0.25) is 4.79 Å². The third-order valence-corrected chi connectivity index (χ3v) is 1.61. The van der Waals surface area contributed by atoms with Gasteiger partial charge in [0.05, 0.1) is 12.8 Å². The van der Waals surface area contributed by atoms with Crippen LogP contribution in [0.3, 0.4) is 0 Å². The second kappa shape index (κ2) is 4.66. The maximum Gasteiger partial charge on any atom is 0.270 e. The van der Waals surface area contributed by atoms with Crippen LogP contribution in [0.5, 0.6) is 0 Å². The maximum absolute atomic E-state index is 12.4. The van der Waals surface area contributed by atoms with E-state index in [9.17, 15) is 9.18 Å². The zero-order chi connectivity index (χ0) is 10.6. The molecule has 0 spiro atoms. The third kappa shape index (κ3) is 2.77. The Kier molecular flexibility index (Phi) is 3.53.